The van der Waals surface area contributed by atoms with E-state index in [4.69, 9.17) is 5.11 Å². The smallest absolute Gasteiger partial charge is 0.406 e. The number of rotatable bonds is 14. The number of piperidine rings is 1. The highest BCUT2D eigenvalue weighted by molar-refractivity contribution is 5.76. The average molecular weight is 558 g/mol. The number of benzene rings is 2. The third-order valence-electron chi connectivity index (χ3n) is 7.78. The second-order valence-corrected chi connectivity index (χ2v) is 10.4. The van der Waals surface area contributed by atoms with Crippen LogP contribution in [-0.4, -0.2) is 73.6 Å². The molecule has 9 heteroatoms. The number of likely N-dealkylation sites (tertiary alicyclic amines) is 1. The summed E-state index contributed by atoms with van der Waals surface area (Å²) in [5, 5.41) is 27.2. The van der Waals surface area contributed by atoms with Crippen LogP contribution in [0.15, 0.2) is 42.5 Å². The molecule has 40 heavy (non-hydrogen) atoms. The van der Waals surface area contributed by atoms with E-state index in [1.807, 2.05) is 36.1 Å². The van der Waals surface area contributed by atoms with E-state index in [0.717, 1.165) is 18.4 Å². The van der Waals surface area contributed by atoms with Crippen molar-refractivity contribution in [2.24, 2.45) is 5.92 Å². The molecule has 0 aromatic heterocycles. The molecular weight excluding hydrogens is 513 g/mol. The molecule has 1 aliphatic rings. The van der Waals surface area contributed by atoms with Gasteiger partial charge in [0.1, 0.15) is 5.82 Å². The summed E-state index contributed by atoms with van der Waals surface area (Å²) in [7, 11) is 1.30. The number of aliphatic hydroxyl groups is 2. The Morgan fingerprint density at radius 3 is 2.70 bits per heavy atom. The molecule has 1 saturated heterocycles. The van der Waals surface area contributed by atoms with Gasteiger partial charge in [-0.15, -0.1) is 0 Å². The summed E-state index contributed by atoms with van der Waals surface area (Å²) in [5.41, 5.74) is 1.23. The van der Waals surface area contributed by atoms with Gasteiger partial charge in [-0.05, 0) is 67.8 Å². The Bertz CT molecular complexity index is 1110. The van der Waals surface area contributed by atoms with Crippen LogP contribution < -0.4 is 10.6 Å². The molecule has 0 bridgehead atoms. The first kappa shape index (κ1) is 31.5. The van der Waals surface area contributed by atoms with Crippen molar-refractivity contribution in [1.82, 2.24) is 15.5 Å². The Kier molecular flexibility index (Phi) is 12.4. The second-order valence-electron chi connectivity index (χ2n) is 10.4. The zero-order valence-corrected chi connectivity index (χ0v) is 23.8. The summed E-state index contributed by atoms with van der Waals surface area (Å²) in [6.45, 7) is 4.52. The Morgan fingerprint density at radius 1 is 1.15 bits per heavy atom. The fourth-order valence-electron chi connectivity index (χ4n) is 5.62. The Morgan fingerprint density at radius 2 is 1.95 bits per heavy atom. The SMILES string of the molecule is CCc1cccc(-c2c(F)cccc2C(O)(CCCNC(=O)OC)C2CCCN(C(=O)CCCNCCO)C2)c1. The van der Waals surface area contributed by atoms with Crippen molar-refractivity contribution in [1.29, 1.82) is 0 Å². The van der Waals surface area contributed by atoms with E-state index >= 15 is 4.39 Å². The van der Waals surface area contributed by atoms with Crippen LogP contribution in [0.25, 0.3) is 11.1 Å². The van der Waals surface area contributed by atoms with Crippen LogP contribution in [0.3, 0.4) is 0 Å². The highest BCUT2D eigenvalue weighted by atomic mass is 19.1. The quantitative estimate of drug-likeness (QED) is 0.262. The van der Waals surface area contributed by atoms with Crippen LogP contribution in [0.5, 0.6) is 0 Å². The van der Waals surface area contributed by atoms with Gasteiger partial charge in [0.05, 0.1) is 19.3 Å². The lowest BCUT2D eigenvalue weighted by molar-refractivity contribution is -0.136. The minimum atomic E-state index is -1.43. The maximum absolute atomic E-state index is 15.6. The number of aryl methyl sites for hydroxylation is 1. The van der Waals surface area contributed by atoms with E-state index in [2.05, 4.69) is 15.4 Å². The van der Waals surface area contributed by atoms with Gasteiger partial charge in [-0.25, -0.2) is 9.18 Å². The van der Waals surface area contributed by atoms with Crippen LogP contribution in [0, 0.1) is 11.7 Å². The standard InChI is InChI=1S/C31H44FN3O5/c1-3-23-9-4-10-24(21-23)29-26(12-5-13-27(29)32)31(39,15-8-17-34-30(38)40-2)25-11-7-19-35(22-25)28(37)14-6-16-33-18-20-36/h4-5,9-10,12-13,21,25,33,36,39H,3,6-8,11,14-20,22H2,1-2H3,(H,34,38). The lowest BCUT2D eigenvalue weighted by atomic mass is 9.72. The largest absolute Gasteiger partial charge is 0.453 e. The van der Waals surface area contributed by atoms with Crippen molar-refractivity contribution in [3.63, 3.8) is 0 Å². The topological polar surface area (TPSA) is 111 Å². The van der Waals surface area contributed by atoms with Gasteiger partial charge in [0, 0.05) is 44.1 Å². The van der Waals surface area contributed by atoms with Gasteiger partial charge in [-0.1, -0.05) is 43.3 Å². The summed E-state index contributed by atoms with van der Waals surface area (Å²) in [5.74, 6) is -0.693. The van der Waals surface area contributed by atoms with Crippen LogP contribution in [0.1, 0.15) is 56.6 Å². The van der Waals surface area contributed by atoms with Gasteiger partial charge in [-0.3, -0.25) is 4.79 Å². The Labute approximate surface area is 236 Å². The number of hydrogen-bond acceptors (Lipinski definition) is 6. The third kappa shape index (κ3) is 8.25. The first-order chi connectivity index (χ1) is 19.3. The van der Waals surface area contributed by atoms with E-state index < -0.39 is 17.5 Å². The first-order valence-electron chi connectivity index (χ1n) is 14.4. The molecule has 0 spiro atoms. The number of nitrogens with zero attached hydrogens (tertiary/aromatic N) is 1. The number of methoxy groups -OCH3 is 1. The Hall–Kier alpha value is -3.01. The number of amides is 2. The van der Waals surface area contributed by atoms with Crippen molar-refractivity contribution in [3.8, 4) is 11.1 Å². The molecule has 2 aromatic carbocycles. The molecule has 2 unspecified atom stereocenters. The fraction of sp³-hybridized carbons (Fsp3) is 0.548. The Balaban J connectivity index is 1.91. The minimum Gasteiger partial charge on any atom is -0.453 e. The van der Waals surface area contributed by atoms with Crippen LogP contribution in [0.4, 0.5) is 9.18 Å². The second kappa shape index (κ2) is 15.7. The highest BCUT2D eigenvalue weighted by Gasteiger charge is 2.43. The molecule has 1 aliphatic heterocycles. The molecule has 1 fully saturated rings. The van der Waals surface area contributed by atoms with Crippen LogP contribution >= 0.6 is 0 Å². The maximum atomic E-state index is 15.6. The predicted molar refractivity (Wildman–Crippen MR) is 153 cm³/mol. The van der Waals surface area contributed by atoms with Gasteiger partial charge in [0.2, 0.25) is 5.91 Å². The molecule has 2 aromatic rings. The first-order valence-corrected chi connectivity index (χ1v) is 14.4. The predicted octanol–water partition coefficient (Wildman–Crippen LogP) is 3.98. The van der Waals surface area contributed by atoms with Gasteiger partial charge < -0.3 is 30.5 Å². The van der Waals surface area contributed by atoms with E-state index in [0.29, 0.717) is 75.1 Å². The normalized spacial score (nSPS) is 16.8. The fourth-order valence-corrected chi connectivity index (χ4v) is 5.62. The lowest BCUT2D eigenvalue weighted by Gasteiger charge is -2.43. The molecule has 0 aliphatic carbocycles. The summed E-state index contributed by atoms with van der Waals surface area (Å²) >= 11 is 0. The molecular formula is C31H44FN3O5. The molecule has 4 N–H and O–H groups in total. The van der Waals surface area contributed by atoms with Crippen LogP contribution in [0.2, 0.25) is 0 Å². The number of hydrogen-bond donors (Lipinski definition) is 4. The number of ether oxygens (including phenoxy) is 1. The van der Waals surface area contributed by atoms with Crippen molar-refractivity contribution in [2.45, 2.75) is 57.5 Å². The van der Waals surface area contributed by atoms with Gasteiger partial charge in [0.25, 0.3) is 0 Å². The third-order valence-corrected chi connectivity index (χ3v) is 7.78. The molecule has 8 nitrogen and oxygen atoms in total. The lowest BCUT2D eigenvalue weighted by Crippen LogP contribution is -2.48. The van der Waals surface area contributed by atoms with Crippen molar-refractivity contribution in [2.75, 3.05) is 46.4 Å². The molecule has 2 atom stereocenters. The maximum Gasteiger partial charge on any atom is 0.406 e. The summed E-state index contributed by atoms with van der Waals surface area (Å²) < 4.78 is 20.2. The van der Waals surface area contributed by atoms with Gasteiger partial charge in [-0.2, -0.15) is 0 Å². The van der Waals surface area contributed by atoms with Crippen LogP contribution in [-0.2, 0) is 21.6 Å². The molecule has 220 valence electrons. The molecule has 3 rings (SSSR count). The number of carbonyl (C=O) groups is 2. The zero-order chi connectivity index (χ0) is 29.0. The van der Waals surface area contributed by atoms with E-state index in [9.17, 15) is 14.7 Å². The zero-order valence-electron chi connectivity index (χ0n) is 23.8. The van der Waals surface area contributed by atoms with E-state index in [1.54, 1.807) is 12.1 Å². The number of carbonyl (C=O) groups excluding carboxylic acids is 2. The van der Waals surface area contributed by atoms with Crippen molar-refractivity contribution < 1.29 is 28.9 Å². The number of halogens is 1. The summed E-state index contributed by atoms with van der Waals surface area (Å²) in [6, 6.07) is 12.6. The van der Waals surface area contributed by atoms with Gasteiger partial charge in [0.15, 0.2) is 0 Å². The number of aliphatic hydroxyl groups excluding tert-OH is 1. The van der Waals surface area contributed by atoms with Gasteiger partial charge >= 0.3 is 6.09 Å². The molecule has 0 radical (unpaired) electrons. The van der Waals surface area contributed by atoms with Crippen molar-refractivity contribution >= 4 is 12.0 Å². The monoisotopic (exact) mass is 557 g/mol. The highest BCUT2D eigenvalue weighted by Crippen LogP contribution is 2.44. The summed E-state index contributed by atoms with van der Waals surface area (Å²) in [4.78, 5) is 26.5. The van der Waals surface area contributed by atoms with Crippen molar-refractivity contribution in [3.05, 3.63) is 59.4 Å². The number of nitrogens with one attached hydrogen (secondary N) is 2. The molecule has 0 saturated carbocycles. The number of alkyl carbamates (subject to hydrolysis) is 1. The van der Waals surface area contributed by atoms with E-state index in [-0.39, 0.29) is 24.9 Å². The average Bonchev–Trinajstić information content (AvgIpc) is 2.98. The molecule has 2 amide bonds. The summed E-state index contributed by atoms with van der Waals surface area (Å²) in [6.07, 6.45) is 3.43. The molecule has 1 heterocycles. The van der Waals surface area contributed by atoms with E-state index in [1.165, 1.54) is 13.2 Å². The minimum absolute atomic E-state index is 0.0281.